The maximum Gasteiger partial charge on any atom is 0.344 e. The lowest BCUT2D eigenvalue weighted by atomic mass is 10.0. The van der Waals surface area contributed by atoms with Gasteiger partial charge in [0.25, 0.3) is 0 Å². The smallest absolute Gasteiger partial charge is 0.344 e. The monoisotopic (exact) mass is 300 g/mol. The first-order valence-corrected chi connectivity index (χ1v) is 6.50. The van der Waals surface area contributed by atoms with Crippen molar-refractivity contribution < 1.29 is 14.3 Å². The zero-order valence-electron chi connectivity index (χ0n) is 10.7. The molecule has 0 aliphatic heterocycles. The van der Waals surface area contributed by atoms with Crippen LogP contribution in [0.3, 0.4) is 0 Å². The molecule has 3 aromatic rings. The maximum absolute atomic E-state index is 12.1. The molecule has 1 N–H and O–H groups in total. The summed E-state index contributed by atoms with van der Waals surface area (Å²) in [5.41, 5.74) is 0.664. The van der Waals surface area contributed by atoms with Gasteiger partial charge in [-0.15, -0.1) is 0 Å². The van der Waals surface area contributed by atoms with E-state index in [9.17, 15) is 9.59 Å². The molecule has 0 atom stereocenters. The van der Waals surface area contributed by atoms with E-state index in [0.29, 0.717) is 16.7 Å². The second-order valence-corrected chi connectivity index (χ2v) is 4.89. The standard InChI is InChI=1S/C16H9ClO4/c17-13-6-5-9(7-12(13)15(18)19)11-8-10-3-1-2-4-14(10)21-16(11)20/h1-8H,(H,18,19). The summed E-state index contributed by atoms with van der Waals surface area (Å²) in [5.74, 6) is -1.15. The second kappa shape index (κ2) is 5.07. The van der Waals surface area contributed by atoms with Gasteiger partial charge in [-0.1, -0.05) is 35.9 Å². The fourth-order valence-electron chi connectivity index (χ4n) is 2.12. The number of rotatable bonds is 2. The summed E-state index contributed by atoms with van der Waals surface area (Å²) >= 11 is 5.83. The summed E-state index contributed by atoms with van der Waals surface area (Å²) in [6.07, 6.45) is 0. The van der Waals surface area contributed by atoms with Crippen molar-refractivity contribution in [1.82, 2.24) is 0 Å². The number of carboxylic acid groups (broad SMARTS) is 1. The molecule has 0 saturated carbocycles. The van der Waals surface area contributed by atoms with Crippen LogP contribution in [0.5, 0.6) is 0 Å². The Labute approximate surface area is 124 Å². The molecule has 0 bridgehead atoms. The molecule has 0 fully saturated rings. The number of carboxylic acids is 1. The van der Waals surface area contributed by atoms with E-state index < -0.39 is 11.6 Å². The van der Waals surface area contributed by atoms with Crippen molar-refractivity contribution in [2.75, 3.05) is 0 Å². The molecular formula is C16H9ClO4. The van der Waals surface area contributed by atoms with Crippen LogP contribution in [0.2, 0.25) is 5.02 Å². The topological polar surface area (TPSA) is 67.5 Å². The minimum Gasteiger partial charge on any atom is -0.478 e. The van der Waals surface area contributed by atoms with Crippen molar-refractivity contribution in [1.29, 1.82) is 0 Å². The SMILES string of the molecule is O=C(O)c1cc(-c2cc3ccccc3oc2=O)ccc1Cl. The molecule has 104 valence electrons. The van der Waals surface area contributed by atoms with Gasteiger partial charge < -0.3 is 9.52 Å². The summed E-state index contributed by atoms with van der Waals surface area (Å²) in [4.78, 5) is 23.2. The highest BCUT2D eigenvalue weighted by Crippen LogP contribution is 2.25. The van der Waals surface area contributed by atoms with Crippen LogP contribution < -0.4 is 5.63 Å². The van der Waals surface area contributed by atoms with E-state index in [1.165, 1.54) is 12.1 Å². The molecule has 0 saturated heterocycles. The minimum absolute atomic E-state index is 0.0540. The quantitative estimate of drug-likeness (QED) is 0.731. The van der Waals surface area contributed by atoms with Crippen LogP contribution in [0.15, 0.2) is 57.7 Å². The van der Waals surface area contributed by atoms with E-state index in [4.69, 9.17) is 21.1 Å². The maximum atomic E-state index is 12.1. The van der Waals surface area contributed by atoms with Crippen molar-refractivity contribution in [3.8, 4) is 11.1 Å². The first-order valence-electron chi connectivity index (χ1n) is 6.12. The Balaban J connectivity index is 2.25. The summed E-state index contributed by atoms with van der Waals surface area (Å²) in [7, 11) is 0. The number of fused-ring (bicyclic) bond motifs is 1. The Hall–Kier alpha value is -2.59. The number of hydrogen-bond donors (Lipinski definition) is 1. The average Bonchev–Trinajstić information content (AvgIpc) is 2.47. The van der Waals surface area contributed by atoms with Gasteiger partial charge in [-0.3, -0.25) is 0 Å². The van der Waals surface area contributed by atoms with Crippen molar-refractivity contribution in [3.63, 3.8) is 0 Å². The van der Waals surface area contributed by atoms with Gasteiger partial charge in [0.1, 0.15) is 5.58 Å². The van der Waals surface area contributed by atoms with Gasteiger partial charge in [-0.2, -0.15) is 0 Å². The largest absolute Gasteiger partial charge is 0.478 e. The van der Waals surface area contributed by atoms with Gasteiger partial charge in [0, 0.05) is 5.39 Å². The molecule has 0 aliphatic rings. The minimum atomic E-state index is -1.15. The lowest BCUT2D eigenvalue weighted by molar-refractivity contribution is 0.0697. The molecule has 4 nitrogen and oxygen atoms in total. The molecular weight excluding hydrogens is 292 g/mol. The first kappa shape index (κ1) is 13.4. The third-order valence-corrected chi connectivity index (χ3v) is 3.48. The number of benzene rings is 2. The molecule has 0 radical (unpaired) electrons. The Bertz CT molecular complexity index is 912. The second-order valence-electron chi connectivity index (χ2n) is 4.49. The number of para-hydroxylation sites is 1. The summed E-state index contributed by atoms with van der Waals surface area (Å²) < 4.78 is 5.24. The number of hydrogen-bond acceptors (Lipinski definition) is 3. The van der Waals surface area contributed by atoms with Crippen molar-refractivity contribution in [2.45, 2.75) is 0 Å². The highest BCUT2D eigenvalue weighted by atomic mass is 35.5. The van der Waals surface area contributed by atoms with Crippen LogP contribution >= 0.6 is 11.6 Å². The average molecular weight is 301 g/mol. The van der Waals surface area contributed by atoms with E-state index in [0.717, 1.165) is 5.39 Å². The molecule has 5 heteroatoms. The highest BCUT2D eigenvalue weighted by Gasteiger charge is 2.13. The number of carbonyl (C=O) groups is 1. The van der Waals surface area contributed by atoms with Crippen molar-refractivity contribution >= 4 is 28.5 Å². The van der Waals surface area contributed by atoms with Gasteiger partial charge in [0.15, 0.2) is 0 Å². The molecule has 0 unspecified atom stereocenters. The van der Waals surface area contributed by atoms with Crippen LogP contribution in [-0.4, -0.2) is 11.1 Å². The van der Waals surface area contributed by atoms with Crippen LogP contribution in [0, 0.1) is 0 Å². The fraction of sp³-hybridized carbons (Fsp3) is 0. The molecule has 21 heavy (non-hydrogen) atoms. The predicted octanol–water partition coefficient (Wildman–Crippen LogP) is 3.81. The van der Waals surface area contributed by atoms with Gasteiger partial charge in [0.05, 0.1) is 16.1 Å². The zero-order chi connectivity index (χ0) is 15.0. The van der Waals surface area contributed by atoms with E-state index in [1.54, 1.807) is 24.3 Å². The summed E-state index contributed by atoms with van der Waals surface area (Å²) in [6, 6.07) is 13.2. The van der Waals surface area contributed by atoms with Gasteiger partial charge in [-0.25, -0.2) is 9.59 Å². The lowest BCUT2D eigenvalue weighted by Gasteiger charge is -2.05. The van der Waals surface area contributed by atoms with Crippen LogP contribution in [0.4, 0.5) is 0 Å². The van der Waals surface area contributed by atoms with Crippen LogP contribution in [0.25, 0.3) is 22.1 Å². The normalized spacial score (nSPS) is 10.7. The molecule has 0 aliphatic carbocycles. The zero-order valence-corrected chi connectivity index (χ0v) is 11.4. The third kappa shape index (κ3) is 2.41. The Morgan fingerprint density at radius 3 is 2.62 bits per heavy atom. The predicted molar refractivity (Wildman–Crippen MR) is 79.9 cm³/mol. The lowest BCUT2D eigenvalue weighted by Crippen LogP contribution is -2.04. The molecule has 3 rings (SSSR count). The summed E-state index contributed by atoms with van der Waals surface area (Å²) in [6.45, 7) is 0. The molecule has 1 heterocycles. The van der Waals surface area contributed by atoms with E-state index in [2.05, 4.69) is 0 Å². The van der Waals surface area contributed by atoms with Crippen LogP contribution in [0.1, 0.15) is 10.4 Å². The van der Waals surface area contributed by atoms with Crippen molar-refractivity contribution in [2.24, 2.45) is 0 Å². The highest BCUT2D eigenvalue weighted by molar-refractivity contribution is 6.33. The molecule has 0 amide bonds. The van der Waals surface area contributed by atoms with Crippen LogP contribution in [-0.2, 0) is 0 Å². The van der Waals surface area contributed by atoms with Gasteiger partial charge in [-0.05, 0) is 29.8 Å². The Morgan fingerprint density at radius 2 is 1.86 bits per heavy atom. The number of halogens is 1. The summed E-state index contributed by atoms with van der Waals surface area (Å²) in [5, 5.41) is 9.98. The first-order chi connectivity index (χ1) is 10.1. The third-order valence-electron chi connectivity index (χ3n) is 3.15. The fourth-order valence-corrected chi connectivity index (χ4v) is 2.32. The van der Waals surface area contributed by atoms with E-state index >= 15 is 0 Å². The molecule has 2 aromatic carbocycles. The van der Waals surface area contributed by atoms with E-state index in [-0.39, 0.29) is 10.6 Å². The van der Waals surface area contributed by atoms with Gasteiger partial charge >= 0.3 is 11.6 Å². The Kier molecular flexibility index (Phi) is 3.23. The molecule has 1 aromatic heterocycles. The van der Waals surface area contributed by atoms with Gasteiger partial charge in [0.2, 0.25) is 0 Å². The number of aromatic carboxylic acids is 1. The van der Waals surface area contributed by atoms with E-state index in [1.807, 2.05) is 12.1 Å². The Morgan fingerprint density at radius 1 is 1.10 bits per heavy atom. The molecule has 0 spiro atoms. The van der Waals surface area contributed by atoms with Crippen molar-refractivity contribution in [3.05, 3.63) is 69.5 Å².